The first-order chi connectivity index (χ1) is 4.70. The van der Waals surface area contributed by atoms with Gasteiger partial charge in [-0.15, -0.1) is 0 Å². The smallest absolute Gasteiger partial charge is 0.222 e. The largest absolute Gasteiger partial charge is 0.375 e. The van der Waals surface area contributed by atoms with Crippen LogP contribution >= 0.6 is 11.6 Å². The molecule has 0 fully saturated rings. The van der Waals surface area contributed by atoms with Crippen molar-refractivity contribution in [1.29, 1.82) is 0 Å². The molecule has 0 unspecified atom stereocenters. The van der Waals surface area contributed by atoms with Gasteiger partial charge in [0.05, 0.1) is 18.1 Å². The zero-order chi connectivity index (χ0) is 7.56. The molecule has 3 nitrogen and oxygen atoms in total. The highest BCUT2D eigenvalue weighted by atomic mass is 35.5. The summed E-state index contributed by atoms with van der Waals surface area (Å²) in [6.07, 6.45) is 3.35. The highest BCUT2D eigenvalue weighted by Crippen LogP contribution is 2.07. The first-order valence-electron chi connectivity index (χ1n) is 2.85. The van der Waals surface area contributed by atoms with Crippen molar-refractivity contribution in [2.75, 3.05) is 19.0 Å². The number of aromatic nitrogens is 2. The summed E-state index contributed by atoms with van der Waals surface area (Å²) in [6, 6.07) is 0. The maximum absolute atomic E-state index is 5.48. The highest BCUT2D eigenvalue weighted by Gasteiger charge is 1.94. The lowest BCUT2D eigenvalue weighted by Crippen LogP contribution is -2.09. The molecule has 0 saturated heterocycles. The maximum Gasteiger partial charge on any atom is 0.222 e. The molecule has 4 heteroatoms. The molecule has 1 aromatic rings. The second kappa shape index (κ2) is 2.84. The van der Waals surface area contributed by atoms with E-state index in [-0.39, 0.29) is 5.28 Å². The average molecular weight is 158 g/mol. The maximum atomic E-state index is 5.48. The average Bonchev–Trinajstić information content (AvgIpc) is 1.88. The van der Waals surface area contributed by atoms with Crippen molar-refractivity contribution in [3.8, 4) is 0 Å². The Bertz CT molecular complexity index is 207. The summed E-state index contributed by atoms with van der Waals surface area (Å²) in [5.74, 6) is 0. The Morgan fingerprint density at radius 3 is 2.20 bits per heavy atom. The van der Waals surface area contributed by atoms with E-state index in [1.54, 1.807) is 12.4 Å². The molecule has 1 aromatic heterocycles. The molecular weight excluding hydrogens is 150 g/mol. The quantitative estimate of drug-likeness (QED) is 0.574. The molecule has 0 N–H and O–H groups in total. The second-order valence-electron chi connectivity index (χ2n) is 2.10. The molecule has 10 heavy (non-hydrogen) atoms. The molecule has 1 rings (SSSR count). The van der Waals surface area contributed by atoms with E-state index in [4.69, 9.17) is 11.6 Å². The van der Waals surface area contributed by atoms with Crippen LogP contribution in [0.2, 0.25) is 5.28 Å². The minimum absolute atomic E-state index is 0.283. The minimum atomic E-state index is 0.283. The van der Waals surface area contributed by atoms with Gasteiger partial charge in [0.2, 0.25) is 5.28 Å². The van der Waals surface area contributed by atoms with Crippen molar-refractivity contribution in [2.24, 2.45) is 0 Å². The van der Waals surface area contributed by atoms with E-state index < -0.39 is 0 Å². The molecule has 1 heterocycles. The van der Waals surface area contributed by atoms with Crippen molar-refractivity contribution in [3.63, 3.8) is 0 Å². The van der Waals surface area contributed by atoms with Crippen LogP contribution in [0.4, 0.5) is 5.69 Å². The summed E-state index contributed by atoms with van der Waals surface area (Å²) in [6.45, 7) is 0. The summed E-state index contributed by atoms with van der Waals surface area (Å²) < 4.78 is 0. The van der Waals surface area contributed by atoms with E-state index in [2.05, 4.69) is 9.97 Å². The minimum Gasteiger partial charge on any atom is -0.375 e. The first-order valence-corrected chi connectivity index (χ1v) is 3.23. The van der Waals surface area contributed by atoms with Crippen LogP contribution in [-0.4, -0.2) is 24.1 Å². The summed E-state index contributed by atoms with van der Waals surface area (Å²) in [7, 11) is 3.85. The molecule has 0 atom stereocenters. The van der Waals surface area contributed by atoms with E-state index in [1.807, 2.05) is 19.0 Å². The first kappa shape index (κ1) is 7.28. The normalized spacial score (nSPS) is 9.50. The third-order valence-corrected chi connectivity index (χ3v) is 1.32. The van der Waals surface area contributed by atoms with Crippen molar-refractivity contribution in [1.82, 2.24) is 9.97 Å². The van der Waals surface area contributed by atoms with Gasteiger partial charge >= 0.3 is 0 Å². The van der Waals surface area contributed by atoms with Crippen LogP contribution in [0.5, 0.6) is 0 Å². The lowest BCUT2D eigenvalue weighted by Gasteiger charge is -2.09. The fraction of sp³-hybridized carbons (Fsp3) is 0.333. The van der Waals surface area contributed by atoms with E-state index in [1.165, 1.54) is 0 Å². The van der Waals surface area contributed by atoms with Gasteiger partial charge in [0, 0.05) is 14.1 Å². The predicted octanol–water partition coefficient (Wildman–Crippen LogP) is 1.20. The van der Waals surface area contributed by atoms with E-state index in [0.717, 1.165) is 5.69 Å². The van der Waals surface area contributed by atoms with Gasteiger partial charge in [-0.3, -0.25) is 0 Å². The van der Waals surface area contributed by atoms with E-state index in [0.29, 0.717) is 0 Å². The lowest BCUT2D eigenvalue weighted by molar-refractivity contribution is 1.07. The van der Waals surface area contributed by atoms with Crippen LogP contribution in [0.3, 0.4) is 0 Å². The molecule has 0 amide bonds. The summed E-state index contributed by atoms with van der Waals surface area (Å²) in [4.78, 5) is 9.54. The van der Waals surface area contributed by atoms with Crippen molar-refractivity contribution in [3.05, 3.63) is 17.7 Å². The Morgan fingerprint density at radius 2 is 1.80 bits per heavy atom. The van der Waals surface area contributed by atoms with Crippen LogP contribution in [0.25, 0.3) is 0 Å². The molecule has 0 spiro atoms. The van der Waals surface area contributed by atoms with Crippen molar-refractivity contribution < 1.29 is 0 Å². The number of nitrogens with zero attached hydrogens (tertiary/aromatic N) is 3. The molecule has 0 aliphatic heterocycles. The Hall–Kier alpha value is -0.830. The van der Waals surface area contributed by atoms with E-state index >= 15 is 0 Å². The van der Waals surface area contributed by atoms with Gasteiger partial charge in [-0.2, -0.15) is 0 Å². The summed E-state index contributed by atoms with van der Waals surface area (Å²) in [5.41, 5.74) is 0.949. The number of hydrogen-bond acceptors (Lipinski definition) is 3. The Kier molecular flexibility index (Phi) is 2.06. The molecule has 54 valence electrons. The molecule has 0 saturated carbocycles. The van der Waals surface area contributed by atoms with Crippen LogP contribution in [0.15, 0.2) is 12.4 Å². The summed E-state index contributed by atoms with van der Waals surface area (Å²) in [5, 5.41) is 0.283. The van der Waals surface area contributed by atoms with Crippen LogP contribution < -0.4 is 4.90 Å². The standard InChI is InChI=1S/C6H8ClN3/c1-10(2)5-3-8-6(7)9-4-5/h3-4H,1-2H3. The third-order valence-electron chi connectivity index (χ3n) is 1.12. The summed E-state index contributed by atoms with van der Waals surface area (Å²) >= 11 is 5.48. The number of hydrogen-bond donors (Lipinski definition) is 0. The molecule has 0 aliphatic rings. The number of anilines is 1. The van der Waals surface area contributed by atoms with Crippen LogP contribution in [-0.2, 0) is 0 Å². The Morgan fingerprint density at radius 1 is 1.30 bits per heavy atom. The molecular formula is C6H8ClN3. The van der Waals surface area contributed by atoms with Crippen molar-refractivity contribution >= 4 is 17.3 Å². The zero-order valence-corrected chi connectivity index (χ0v) is 6.63. The zero-order valence-electron chi connectivity index (χ0n) is 5.87. The predicted molar refractivity (Wildman–Crippen MR) is 41.4 cm³/mol. The van der Waals surface area contributed by atoms with Gasteiger partial charge < -0.3 is 4.90 Å². The third kappa shape index (κ3) is 1.57. The number of halogens is 1. The van der Waals surface area contributed by atoms with E-state index in [9.17, 15) is 0 Å². The fourth-order valence-corrected chi connectivity index (χ4v) is 0.634. The Labute approximate surface area is 64.7 Å². The second-order valence-corrected chi connectivity index (χ2v) is 2.44. The van der Waals surface area contributed by atoms with Gasteiger partial charge in [0.1, 0.15) is 0 Å². The fourth-order valence-electron chi connectivity index (χ4n) is 0.536. The Balaban J connectivity index is 2.89. The molecule has 0 aliphatic carbocycles. The van der Waals surface area contributed by atoms with Crippen molar-refractivity contribution in [2.45, 2.75) is 0 Å². The van der Waals surface area contributed by atoms with Crippen LogP contribution in [0.1, 0.15) is 0 Å². The molecule has 0 aromatic carbocycles. The van der Waals surface area contributed by atoms with Gasteiger partial charge in [0.25, 0.3) is 0 Å². The molecule has 0 bridgehead atoms. The van der Waals surface area contributed by atoms with Gasteiger partial charge in [-0.1, -0.05) is 0 Å². The number of rotatable bonds is 1. The topological polar surface area (TPSA) is 29.0 Å². The van der Waals surface area contributed by atoms with Gasteiger partial charge in [-0.05, 0) is 11.6 Å². The van der Waals surface area contributed by atoms with Crippen LogP contribution in [0, 0.1) is 0 Å². The van der Waals surface area contributed by atoms with Gasteiger partial charge in [0.15, 0.2) is 0 Å². The SMILES string of the molecule is CN(C)c1cnc(Cl)nc1. The highest BCUT2D eigenvalue weighted by molar-refractivity contribution is 6.28. The molecule has 0 radical (unpaired) electrons. The van der Waals surface area contributed by atoms with Gasteiger partial charge in [-0.25, -0.2) is 9.97 Å². The monoisotopic (exact) mass is 157 g/mol. The lowest BCUT2D eigenvalue weighted by atomic mass is 10.5.